The molecule has 0 bridgehead atoms. The molecule has 2 heterocycles. The van der Waals surface area contributed by atoms with Gasteiger partial charge in [-0.3, -0.25) is 4.90 Å². The molecule has 0 N–H and O–H groups in total. The first-order chi connectivity index (χ1) is 11.3. The van der Waals surface area contributed by atoms with Crippen molar-refractivity contribution in [2.45, 2.75) is 45.7 Å². The third-order valence-electron chi connectivity index (χ3n) is 5.59. The molecule has 0 spiro atoms. The zero-order valence-corrected chi connectivity index (χ0v) is 15.0. The highest BCUT2D eigenvalue weighted by molar-refractivity contribution is 5.34. The fourth-order valence-electron chi connectivity index (χ4n) is 4.11. The monoisotopic (exact) mass is 315 g/mol. The van der Waals surface area contributed by atoms with Crippen LogP contribution in [0, 0.1) is 0 Å². The van der Waals surface area contributed by atoms with E-state index >= 15 is 0 Å². The number of hydrogen-bond acceptors (Lipinski definition) is 3. The van der Waals surface area contributed by atoms with Crippen molar-refractivity contribution in [2.75, 3.05) is 45.8 Å². The van der Waals surface area contributed by atoms with Gasteiger partial charge in [-0.15, -0.1) is 0 Å². The summed E-state index contributed by atoms with van der Waals surface area (Å²) >= 11 is 0. The van der Waals surface area contributed by atoms with Gasteiger partial charge in [-0.1, -0.05) is 44.5 Å². The fourth-order valence-corrected chi connectivity index (χ4v) is 4.11. The van der Waals surface area contributed by atoms with Crippen molar-refractivity contribution in [1.29, 1.82) is 0 Å². The van der Waals surface area contributed by atoms with Crippen LogP contribution >= 0.6 is 0 Å². The predicted octanol–water partition coefficient (Wildman–Crippen LogP) is 3.37. The Kier molecular flexibility index (Phi) is 6.09. The molecule has 128 valence electrons. The lowest BCUT2D eigenvalue weighted by molar-refractivity contribution is 0.0802. The van der Waals surface area contributed by atoms with Crippen LogP contribution in [-0.2, 0) is 6.54 Å². The van der Waals surface area contributed by atoms with Gasteiger partial charge >= 0.3 is 0 Å². The molecular formula is C20H33N3. The third kappa shape index (κ3) is 4.14. The normalized spacial score (nSPS) is 21.6. The quantitative estimate of drug-likeness (QED) is 0.728. The number of unbranched alkanes of at least 4 members (excludes halogenated alkanes) is 1. The fraction of sp³-hybridized carbons (Fsp3) is 0.700. The van der Waals surface area contributed by atoms with Crippen molar-refractivity contribution in [3.05, 3.63) is 35.4 Å². The summed E-state index contributed by atoms with van der Waals surface area (Å²) in [7, 11) is 0. The highest BCUT2D eigenvalue weighted by Crippen LogP contribution is 2.35. The van der Waals surface area contributed by atoms with Gasteiger partial charge < -0.3 is 9.80 Å². The first kappa shape index (κ1) is 16.9. The average molecular weight is 316 g/mol. The molecule has 1 saturated heterocycles. The van der Waals surface area contributed by atoms with Crippen LogP contribution in [0.15, 0.2) is 24.3 Å². The van der Waals surface area contributed by atoms with E-state index in [1.54, 1.807) is 11.1 Å². The smallest absolute Gasteiger partial charge is 0.0482 e. The maximum absolute atomic E-state index is 2.69. The Hall–Kier alpha value is -0.900. The molecule has 0 aliphatic carbocycles. The summed E-state index contributed by atoms with van der Waals surface area (Å²) in [5, 5.41) is 0. The number of nitrogens with zero attached hydrogens (tertiary/aromatic N) is 3. The van der Waals surface area contributed by atoms with E-state index in [1.807, 2.05) is 0 Å². The first-order valence-electron chi connectivity index (χ1n) is 9.58. The molecule has 3 rings (SSSR count). The van der Waals surface area contributed by atoms with E-state index in [9.17, 15) is 0 Å². The first-order valence-corrected chi connectivity index (χ1v) is 9.58. The number of piperazine rings is 1. The Bertz CT molecular complexity index is 488. The zero-order chi connectivity index (χ0) is 16.1. The molecule has 1 fully saturated rings. The summed E-state index contributed by atoms with van der Waals surface area (Å²) < 4.78 is 0. The van der Waals surface area contributed by atoms with Gasteiger partial charge in [0.05, 0.1) is 0 Å². The van der Waals surface area contributed by atoms with Gasteiger partial charge in [0.1, 0.15) is 0 Å². The molecule has 3 nitrogen and oxygen atoms in total. The molecule has 0 saturated carbocycles. The van der Waals surface area contributed by atoms with Gasteiger partial charge in [-0.25, -0.2) is 0 Å². The summed E-state index contributed by atoms with van der Waals surface area (Å²) in [5.41, 5.74) is 3.13. The van der Waals surface area contributed by atoms with Crippen molar-refractivity contribution in [2.24, 2.45) is 0 Å². The van der Waals surface area contributed by atoms with Crippen LogP contribution in [0.5, 0.6) is 0 Å². The zero-order valence-electron chi connectivity index (χ0n) is 15.0. The Morgan fingerprint density at radius 2 is 1.91 bits per heavy atom. The van der Waals surface area contributed by atoms with Gasteiger partial charge in [-0.05, 0) is 50.1 Å². The second-order valence-electron chi connectivity index (χ2n) is 7.13. The van der Waals surface area contributed by atoms with E-state index in [0.717, 1.165) is 6.54 Å². The molecular weight excluding hydrogens is 282 g/mol. The van der Waals surface area contributed by atoms with E-state index in [2.05, 4.69) is 52.8 Å². The summed E-state index contributed by atoms with van der Waals surface area (Å²) in [4.78, 5) is 7.97. The summed E-state index contributed by atoms with van der Waals surface area (Å²) in [6, 6.07) is 9.68. The highest BCUT2D eigenvalue weighted by atomic mass is 15.3. The third-order valence-corrected chi connectivity index (χ3v) is 5.59. The van der Waals surface area contributed by atoms with Crippen LogP contribution in [0.3, 0.4) is 0 Å². The molecule has 3 heteroatoms. The van der Waals surface area contributed by atoms with Crippen molar-refractivity contribution in [3.8, 4) is 0 Å². The second kappa shape index (κ2) is 8.27. The average Bonchev–Trinajstić information content (AvgIpc) is 2.96. The minimum absolute atomic E-state index is 0.641. The van der Waals surface area contributed by atoms with Crippen molar-refractivity contribution < 1.29 is 0 Å². The summed E-state index contributed by atoms with van der Waals surface area (Å²) in [6.45, 7) is 14.4. The molecule has 0 amide bonds. The Balaban J connectivity index is 1.46. The maximum atomic E-state index is 2.69. The van der Waals surface area contributed by atoms with Crippen LogP contribution in [0.1, 0.15) is 50.3 Å². The molecule has 0 aromatic heterocycles. The molecule has 23 heavy (non-hydrogen) atoms. The molecule has 0 radical (unpaired) electrons. The number of rotatable bonds is 8. The van der Waals surface area contributed by atoms with Crippen molar-refractivity contribution in [3.63, 3.8) is 0 Å². The lowest BCUT2D eigenvalue weighted by Crippen LogP contribution is -2.46. The molecule has 1 atom stereocenters. The largest absolute Gasteiger partial charge is 0.304 e. The maximum Gasteiger partial charge on any atom is 0.0482 e. The van der Waals surface area contributed by atoms with Gasteiger partial charge in [0.2, 0.25) is 0 Å². The molecule has 1 unspecified atom stereocenters. The Morgan fingerprint density at radius 1 is 1.09 bits per heavy atom. The van der Waals surface area contributed by atoms with Crippen LogP contribution in [0.2, 0.25) is 0 Å². The van der Waals surface area contributed by atoms with E-state index in [1.165, 1.54) is 65.1 Å². The summed E-state index contributed by atoms with van der Waals surface area (Å²) in [5.74, 6) is 0. The van der Waals surface area contributed by atoms with Crippen LogP contribution in [0.4, 0.5) is 0 Å². The van der Waals surface area contributed by atoms with Crippen molar-refractivity contribution >= 4 is 0 Å². The minimum atomic E-state index is 0.641. The van der Waals surface area contributed by atoms with Crippen LogP contribution in [0.25, 0.3) is 0 Å². The lowest BCUT2D eigenvalue weighted by Gasteiger charge is -2.38. The number of hydrogen-bond donors (Lipinski definition) is 0. The lowest BCUT2D eigenvalue weighted by atomic mass is 10.0. The SMILES string of the molecule is CCCCN(CC)CCCN1CCN2Cc3ccccc3C2C1. The van der Waals surface area contributed by atoms with Crippen LogP contribution in [-0.4, -0.2) is 60.5 Å². The van der Waals surface area contributed by atoms with Gasteiger partial charge in [0.15, 0.2) is 0 Å². The van der Waals surface area contributed by atoms with Gasteiger partial charge in [-0.2, -0.15) is 0 Å². The predicted molar refractivity (Wildman–Crippen MR) is 97.7 cm³/mol. The van der Waals surface area contributed by atoms with E-state index in [4.69, 9.17) is 0 Å². The van der Waals surface area contributed by atoms with E-state index in [0.29, 0.717) is 6.04 Å². The molecule has 2 aliphatic rings. The number of fused-ring (bicyclic) bond motifs is 3. The van der Waals surface area contributed by atoms with E-state index < -0.39 is 0 Å². The van der Waals surface area contributed by atoms with Crippen molar-refractivity contribution in [1.82, 2.24) is 14.7 Å². The van der Waals surface area contributed by atoms with Gasteiger partial charge in [0.25, 0.3) is 0 Å². The number of benzene rings is 1. The molecule has 1 aromatic rings. The van der Waals surface area contributed by atoms with Crippen LogP contribution < -0.4 is 0 Å². The topological polar surface area (TPSA) is 9.72 Å². The molecule has 2 aliphatic heterocycles. The molecule has 1 aromatic carbocycles. The van der Waals surface area contributed by atoms with Gasteiger partial charge in [0, 0.05) is 32.2 Å². The highest BCUT2D eigenvalue weighted by Gasteiger charge is 2.34. The Labute approximate surface area is 142 Å². The second-order valence-corrected chi connectivity index (χ2v) is 7.13. The summed E-state index contributed by atoms with van der Waals surface area (Å²) in [6.07, 6.45) is 3.96. The van der Waals surface area contributed by atoms with E-state index in [-0.39, 0.29) is 0 Å². The Morgan fingerprint density at radius 3 is 2.74 bits per heavy atom. The standard InChI is InChI=1S/C20H33N3/c1-3-5-11-21(4-2)12-8-13-22-14-15-23-16-18-9-6-7-10-19(18)20(23)17-22/h6-7,9-10,20H,3-5,8,11-17H2,1-2H3. The minimum Gasteiger partial charge on any atom is -0.304 e.